The van der Waals surface area contributed by atoms with Crippen LogP contribution in [-0.4, -0.2) is 43.1 Å². The van der Waals surface area contributed by atoms with Crippen LogP contribution in [0.25, 0.3) is 0 Å². The number of aliphatic hydroxyl groups excluding tert-OH is 1. The number of methoxy groups -OCH3 is 1. The van der Waals surface area contributed by atoms with Gasteiger partial charge in [0, 0.05) is 24.2 Å². The Bertz CT molecular complexity index is 373. The second-order valence-electron chi connectivity index (χ2n) is 4.19. The van der Waals surface area contributed by atoms with Crippen molar-refractivity contribution >= 4 is 6.29 Å². The van der Waals surface area contributed by atoms with E-state index in [4.69, 9.17) is 9.84 Å². The van der Waals surface area contributed by atoms with E-state index in [1.54, 1.807) is 13.2 Å². The first-order valence-electron chi connectivity index (χ1n) is 6.20. The maximum absolute atomic E-state index is 10.8. The van der Waals surface area contributed by atoms with Crippen molar-refractivity contribution in [3.8, 4) is 5.75 Å². The monoisotopic (exact) mass is 251 g/mol. The van der Waals surface area contributed by atoms with E-state index in [2.05, 4.69) is 11.8 Å². The summed E-state index contributed by atoms with van der Waals surface area (Å²) in [5, 5.41) is 9.04. The van der Waals surface area contributed by atoms with Crippen molar-refractivity contribution in [1.29, 1.82) is 0 Å². The van der Waals surface area contributed by atoms with E-state index in [0.29, 0.717) is 18.7 Å². The van der Waals surface area contributed by atoms with Crippen molar-refractivity contribution in [2.75, 3.05) is 26.8 Å². The summed E-state index contributed by atoms with van der Waals surface area (Å²) in [5.74, 6) is 0.777. The lowest BCUT2D eigenvalue weighted by atomic mass is 10.1. The average Bonchev–Trinajstić information content (AvgIpc) is 2.39. The fourth-order valence-electron chi connectivity index (χ4n) is 1.96. The van der Waals surface area contributed by atoms with E-state index >= 15 is 0 Å². The summed E-state index contributed by atoms with van der Waals surface area (Å²) >= 11 is 0. The minimum Gasteiger partial charge on any atom is -0.496 e. The van der Waals surface area contributed by atoms with E-state index in [1.807, 2.05) is 12.1 Å². The molecule has 0 radical (unpaired) electrons. The zero-order valence-corrected chi connectivity index (χ0v) is 11.1. The topological polar surface area (TPSA) is 49.8 Å². The zero-order valence-electron chi connectivity index (χ0n) is 11.1. The van der Waals surface area contributed by atoms with Crippen LogP contribution in [0.3, 0.4) is 0 Å². The summed E-state index contributed by atoms with van der Waals surface area (Å²) in [6.45, 7) is 4.45. The summed E-state index contributed by atoms with van der Waals surface area (Å²) in [6, 6.07) is 5.39. The molecule has 1 N–H and O–H groups in total. The summed E-state index contributed by atoms with van der Waals surface area (Å²) in [7, 11) is 1.62. The summed E-state index contributed by atoms with van der Waals surface area (Å²) in [4.78, 5) is 12.9. The van der Waals surface area contributed by atoms with E-state index in [1.165, 1.54) is 0 Å². The minimum absolute atomic E-state index is 0.135. The number of benzene rings is 1. The quantitative estimate of drug-likeness (QED) is 0.715. The van der Waals surface area contributed by atoms with Gasteiger partial charge in [0.15, 0.2) is 0 Å². The van der Waals surface area contributed by atoms with Crippen molar-refractivity contribution < 1.29 is 14.6 Å². The number of carbonyl (C=O) groups is 1. The van der Waals surface area contributed by atoms with E-state index < -0.39 is 0 Å². The van der Waals surface area contributed by atoms with Crippen molar-refractivity contribution in [2.45, 2.75) is 19.9 Å². The van der Waals surface area contributed by atoms with Crippen LogP contribution in [0.4, 0.5) is 0 Å². The zero-order chi connectivity index (χ0) is 13.4. The molecule has 0 amide bonds. The number of aldehydes is 1. The molecule has 4 heteroatoms. The number of rotatable bonds is 8. The van der Waals surface area contributed by atoms with Gasteiger partial charge in [0.25, 0.3) is 0 Å². The second-order valence-corrected chi connectivity index (χ2v) is 4.19. The second kappa shape index (κ2) is 7.84. The molecule has 0 aliphatic heterocycles. The molecule has 0 aromatic heterocycles. The molecular weight excluding hydrogens is 230 g/mol. The Morgan fingerprint density at radius 2 is 2.17 bits per heavy atom. The molecule has 100 valence electrons. The Morgan fingerprint density at radius 3 is 2.72 bits per heavy atom. The number of carbonyl (C=O) groups excluding carboxylic acids is 1. The fraction of sp³-hybridized carbons (Fsp3) is 0.500. The molecule has 0 aliphatic rings. The summed E-state index contributed by atoms with van der Waals surface area (Å²) in [5.41, 5.74) is 1.62. The third kappa shape index (κ3) is 4.13. The van der Waals surface area contributed by atoms with Gasteiger partial charge in [0.2, 0.25) is 0 Å². The molecular formula is C14H21NO3. The molecule has 18 heavy (non-hydrogen) atoms. The lowest BCUT2D eigenvalue weighted by Gasteiger charge is -2.21. The van der Waals surface area contributed by atoms with Gasteiger partial charge >= 0.3 is 0 Å². The Kier molecular flexibility index (Phi) is 6.39. The maximum atomic E-state index is 10.8. The van der Waals surface area contributed by atoms with Crippen LogP contribution in [0.5, 0.6) is 5.75 Å². The normalized spacial score (nSPS) is 10.7. The molecule has 0 bridgehead atoms. The molecule has 1 aromatic carbocycles. The van der Waals surface area contributed by atoms with Crippen LogP contribution in [-0.2, 0) is 6.54 Å². The fourth-order valence-corrected chi connectivity index (χ4v) is 1.96. The molecule has 0 saturated carbocycles. The van der Waals surface area contributed by atoms with Gasteiger partial charge in [-0.2, -0.15) is 0 Å². The molecule has 0 spiro atoms. The smallest absolute Gasteiger partial charge is 0.150 e. The highest BCUT2D eigenvalue weighted by Crippen LogP contribution is 2.21. The molecule has 0 atom stereocenters. The standard InChI is InChI=1S/C14H21NO3/c1-3-6-15(7-8-16)10-13-9-12(11-17)4-5-14(13)18-2/h4-5,9,11,16H,3,6-8,10H2,1-2H3. The first-order valence-corrected chi connectivity index (χ1v) is 6.20. The van der Waals surface area contributed by atoms with Crippen LogP contribution in [0.2, 0.25) is 0 Å². The molecule has 0 fully saturated rings. The molecule has 4 nitrogen and oxygen atoms in total. The Hall–Kier alpha value is -1.39. The van der Waals surface area contributed by atoms with Gasteiger partial charge in [0.1, 0.15) is 12.0 Å². The van der Waals surface area contributed by atoms with E-state index in [0.717, 1.165) is 30.6 Å². The van der Waals surface area contributed by atoms with Gasteiger partial charge in [-0.1, -0.05) is 6.92 Å². The van der Waals surface area contributed by atoms with Gasteiger partial charge in [-0.25, -0.2) is 0 Å². The van der Waals surface area contributed by atoms with Crippen LogP contribution < -0.4 is 4.74 Å². The molecule has 1 aromatic rings. The Labute approximate surface area is 108 Å². The summed E-state index contributed by atoms with van der Waals surface area (Å²) < 4.78 is 5.30. The molecule has 0 heterocycles. The lowest BCUT2D eigenvalue weighted by Crippen LogP contribution is -2.27. The number of hydrogen-bond acceptors (Lipinski definition) is 4. The van der Waals surface area contributed by atoms with Crippen molar-refractivity contribution in [3.05, 3.63) is 29.3 Å². The van der Waals surface area contributed by atoms with Crippen LogP contribution in [0.15, 0.2) is 18.2 Å². The highest BCUT2D eigenvalue weighted by molar-refractivity contribution is 5.75. The van der Waals surface area contributed by atoms with Crippen LogP contribution in [0.1, 0.15) is 29.3 Å². The van der Waals surface area contributed by atoms with E-state index in [9.17, 15) is 4.79 Å². The number of aliphatic hydroxyl groups is 1. The Balaban J connectivity index is 2.87. The number of hydrogen-bond donors (Lipinski definition) is 1. The van der Waals surface area contributed by atoms with Crippen LogP contribution >= 0.6 is 0 Å². The van der Waals surface area contributed by atoms with Crippen molar-refractivity contribution in [1.82, 2.24) is 4.90 Å². The average molecular weight is 251 g/mol. The predicted molar refractivity (Wildman–Crippen MR) is 71.0 cm³/mol. The first kappa shape index (κ1) is 14.7. The highest BCUT2D eigenvalue weighted by atomic mass is 16.5. The van der Waals surface area contributed by atoms with Gasteiger partial charge in [-0.15, -0.1) is 0 Å². The number of nitrogens with zero attached hydrogens (tertiary/aromatic N) is 1. The lowest BCUT2D eigenvalue weighted by molar-refractivity contribution is 0.112. The van der Waals surface area contributed by atoms with Gasteiger partial charge < -0.3 is 9.84 Å². The molecule has 0 aliphatic carbocycles. The summed E-state index contributed by atoms with van der Waals surface area (Å²) in [6.07, 6.45) is 1.86. The first-order chi connectivity index (χ1) is 8.74. The van der Waals surface area contributed by atoms with Gasteiger partial charge in [-0.05, 0) is 31.2 Å². The highest BCUT2D eigenvalue weighted by Gasteiger charge is 2.09. The third-order valence-electron chi connectivity index (χ3n) is 2.79. The van der Waals surface area contributed by atoms with Crippen molar-refractivity contribution in [2.24, 2.45) is 0 Å². The van der Waals surface area contributed by atoms with Gasteiger partial charge in [-0.3, -0.25) is 9.69 Å². The maximum Gasteiger partial charge on any atom is 0.150 e. The minimum atomic E-state index is 0.135. The molecule has 0 saturated heterocycles. The molecule has 1 rings (SSSR count). The SMILES string of the molecule is CCCN(CCO)Cc1cc(C=O)ccc1OC. The van der Waals surface area contributed by atoms with Crippen LogP contribution in [0, 0.1) is 0 Å². The van der Waals surface area contributed by atoms with Gasteiger partial charge in [0.05, 0.1) is 13.7 Å². The largest absolute Gasteiger partial charge is 0.496 e. The number of ether oxygens (including phenoxy) is 1. The van der Waals surface area contributed by atoms with E-state index in [-0.39, 0.29) is 6.61 Å². The molecule has 0 unspecified atom stereocenters. The third-order valence-corrected chi connectivity index (χ3v) is 2.79. The predicted octanol–water partition coefficient (Wildman–Crippen LogP) is 1.71. The van der Waals surface area contributed by atoms with Crippen molar-refractivity contribution in [3.63, 3.8) is 0 Å². The Morgan fingerprint density at radius 1 is 1.39 bits per heavy atom.